The van der Waals surface area contributed by atoms with Crippen LogP contribution in [0.4, 0.5) is 13.2 Å². The highest BCUT2D eigenvalue weighted by molar-refractivity contribution is 7.09. The monoisotopic (exact) mass is 638 g/mol. The van der Waals surface area contributed by atoms with E-state index in [1.165, 1.54) is 23.5 Å². The number of hydrogen-bond acceptors (Lipinski definition) is 7. The van der Waals surface area contributed by atoms with Crippen molar-refractivity contribution in [1.29, 1.82) is 0 Å². The smallest absolute Gasteiger partial charge is 0.416 e. The van der Waals surface area contributed by atoms with E-state index in [1.54, 1.807) is 53.4 Å². The summed E-state index contributed by atoms with van der Waals surface area (Å²) < 4.78 is 45.3. The zero-order valence-corrected chi connectivity index (χ0v) is 25.5. The Labute approximate surface area is 262 Å². The molecule has 236 valence electrons. The number of phenols is 1. The highest BCUT2D eigenvalue weighted by Gasteiger charge is 2.34. The van der Waals surface area contributed by atoms with Crippen molar-refractivity contribution in [3.8, 4) is 5.75 Å². The van der Waals surface area contributed by atoms with Crippen LogP contribution in [0.2, 0.25) is 0 Å². The fourth-order valence-electron chi connectivity index (χ4n) is 5.23. The van der Waals surface area contributed by atoms with Gasteiger partial charge in [-0.15, -0.1) is 11.3 Å². The molecule has 5 rings (SSSR count). The van der Waals surface area contributed by atoms with Gasteiger partial charge < -0.3 is 25.4 Å². The number of aryl methyl sites for hydroxylation is 1. The first-order valence-electron chi connectivity index (χ1n) is 14.4. The van der Waals surface area contributed by atoms with Gasteiger partial charge in [-0.05, 0) is 67.8 Å². The fraction of sp³-hybridized carbons (Fsp3) is 0.303. The molecule has 2 heterocycles. The molecule has 45 heavy (non-hydrogen) atoms. The minimum absolute atomic E-state index is 0.0483. The summed E-state index contributed by atoms with van der Waals surface area (Å²) in [5, 5.41) is 19.0. The first kappa shape index (κ1) is 32.1. The van der Waals surface area contributed by atoms with E-state index in [4.69, 9.17) is 4.74 Å². The Morgan fingerprint density at radius 1 is 1.09 bits per heavy atom. The number of nitrogens with zero attached hydrogens (tertiary/aromatic N) is 2. The average Bonchev–Trinajstić information content (AvgIpc) is 3.68. The molecule has 8 nitrogen and oxygen atoms in total. The van der Waals surface area contributed by atoms with E-state index in [-0.39, 0.29) is 42.9 Å². The number of carbonyl (C=O) groups excluding carboxylic acids is 2. The number of ether oxygens (including phenoxy) is 1. The molecule has 4 aromatic rings. The van der Waals surface area contributed by atoms with Crippen LogP contribution >= 0.6 is 11.3 Å². The number of aromatic nitrogens is 1. The Hall–Kier alpha value is -4.26. The van der Waals surface area contributed by atoms with Gasteiger partial charge in [-0.3, -0.25) is 9.59 Å². The van der Waals surface area contributed by atoms with Gasteiger partial charge in [-0.1, -0.05) is 36.4 Å². The number of alkyl halides is 3. The fourth-order valence-corrected chi connectivity index (χ4v) is 6.12. The minimum Gasteiger partial charge on any atom is -0.508 e. The van der Waals surface area contributed by atoms with Gasteiger partial charge >= 0.3 is 6.18 Å². The van der Waals surface area contributed by atoms with Crippen LogP contribution in [-0.2, 0) is 17.5 Å². The van der Waals surface area contributed by atoms with Crippen molar-refractivity contribution in [1.82, 2.24) is 20.5 Å². The van der Waals surface area contributed by atoms with Crippen LogP contribution in [0.3, 0.4) is 0 Å². The first-order valence-corrected chi connectivity index (χ1v) is 15.3. The number of rotatable bonds is 10. The molecule has 0 spiro atoms. The van der Waals surface area contributed by atoms with Gasteiger partial charge in [-0.25, -0.2) is 4.98 Å². The van der Waals surface area contributed by atoms with E-state index in [2.05, 4.69) is 15.6 Å². The molecule has 1 unspecified atom stereocenters. The molecule has 3 N–H and O–H groups in total. The summed E-state index contributed by atoms with van der Waals surface area (Å²) in [4.78, 5) is 32.8. The van der Waals surface area contributed by atoms with E-state index in [0.717, 1.165) is 22.8 Å². The van der Waals surface area contributed by atoms with Crippen molar-refractivity contribution < 1.29 is 32.6 Å². The summed E-state index contributed by atoms with van der Waals surface area (Å²) in [5.74, 6) is -0.600. The molecule has 1 aromatic heterocycles. The number of hydrogen-bond donors (Lipinski definition) is 3. The number of phenolic OH excluding ortho intramolecular Hbond substituents is 1. The summed E-state index contributed by atoms with van der Waals surface area (Å²) in [6.07, 6.45) is -4.08. The third-order valence-electron chi connectivity index (χ3n) is 7.48. The molecule has 2 amide bonds. The molecular weight excluding hydrogens is 605 g/mol. The van der Waals surface area contributed by atoms with Gasteiger partial charge in [0.2, 0.25) is 0 Å². The van der Waals surface area contributed by atoms with Crippen LogP contribution in [0.25, 0.3) is 0 Å². The van der Waals surface area contributed by atoms with Crippen molar-refractivity contribution in [2.75, 3.05) is 13.3 Å². The third-order valence-corrected chi connectivity index (χ3v) is 8.55. The lowest BCUT2D eigenvalue weighted by Gasteiger charge is -2.24. The van der Waals surface area contributed by atoms with E-state index in [9.17, 15) is 27.9 Å². The van der Waals surface area contributed by atoms with Gasteiger partial charge in [0, 0.05) is 40.8 Å². The molecule has 1 fully saturated rings. The predicted octanol–water partition coefficient (Wildman–Crippen LogP) is 6.39. The van der Waals surface area contributed by atoms with E-state index < -0.39 is 17.8 Å². The summed E-state index contributed by atoms with van der Waals surface area (Å²) in [5.41, 5.74) is 1.96. The molecule has 1 aliphatic heterocycles. The molecule has 3 aromatic carbocycles. The second kappa shape index (κ2) is 13.8. The maximum absolute atomic E-state index is 13.4. The molecule has 0 bridgehead atoms. The highest BCUT2D eigenvalue weighted by Crippen LogP contribution is 2.31. The number of aromatic hydroxyl groups is 1. The van der Waals surface area contributed by atoms with Gasteiger partial charge in [0.05, 0.1) is 12.2 Å². The van der Waals surface area contributed by atoms with Crippen molar-refractivity contribution in [3.05, 3.63) is 117 Å². The van der Waals surface area contributed by atoms with Crippen molar-refractivity contribution in [2.45, 2.75) is 51.1 Å². The standard InChI is InChI=1S/C33H33F3N4O4S/c1-20(12-28(23-7-5-11-27(41)15-23)37-16-22-6-3-10-26(13-22)33(34,35)36)38-30(42)24-8-4-9-25(14-24)32(43)40-19-44-17-29(40)31-39-21(2)18-45-31/h3-11,13-15,18,20,28-29,37,41H,12,16-17,19H2,1-2H3,(H,38,42)/t20-,28?,29+/m0/s1. The van der Waals surface area contributed by atoms with E-state index >= 15 is 0 Å². The zero-order chi connectivity index (χ0) is 32.1. The van der Waals surface area contributed by atoms with Gasteiger partial charge in [-0.2, -0.15) is 13.2 Å². The Bertz CT molecular complexity index is 1660. The Kier molecular flexibility index (Phi) is 9.86. The van der Waals surface area contributed by atoms with Crippen LogP contribution in [0.5, 0.6) is 5.75 Å². The van der Waals surface area contributed by atoms with Gasteiger partial charge in [0.25, 0.3) is 11.8 Å². The quantitative estimate of drug-likeness (QED) is 0.186. The molecule has 0 saturated carbocycles. The van der Waals surface area contributed by atoms with Gasteiger partial charge in [0.1, 0.15) is 23.5 Å². The minimum atomic E-state index is -4.45. The lowest BCUT2D eigenvalue weighted by Crippen LogP contribution is -2.36. The molecular formula is C33H33F3N4O4S. The van der Waals surface area contributed by atoms with Gasteiger partial charge in [0.15, 0.2) is 0 Å². The molecule has 3 atom stereocenters. The topological polar surface area (TPSA) is 104 Å². The predicted molar refractivity (Wildman–Crippen MR) is 164 cm³/mol. The SMILES string of the molecule is Cc1csc([C@H]2COCN2C(=O)c2cccc(C(=O)N[C@@H](C)CC(NCc3cccc(C(F)(F)F)c3)c3cccc(O)c3)c2)n1. The molecule has 0 radical (unpaired) electrons. The van der Waals surface area contributed by atoms with Crippen molar-refractivity contribution in [3.63, 3.8) is 0 Å². The molecule has 0 aliphatic carbocycles. The third kappa shape index (κ3) is 8.07. The van der Waals surface area contributed by atoms with Crippen molar-refractivity contribution >= 4 is 23.2 Å². The molecule has 1 aliphatic rings. The Balaban J connectivity index is 1.26. The lowest BCUT2D eigenvalue weighted by atomic mass is 9.98. The van der Waals surface area contributed by atoms with E-state index in [0.29, 0.717) is 35.3 Å². The Morgan fingerprint density at radius 3 is 2.58 bits per heavy atom. The summed E-state index contributed by atoms with van der Waals surface area (Å²) in [7, 11) is 0. The molecule has 1 saturated heterocycles. The van der Waals surface area contributed by atoms with E-state index in [1.807, 2.05) is 19.2 Å². The average molecular weight is 639 g/mol. The van der Waals surface area contributed by atoms with Crippen LogP contribution in [0, 0.1) is 6.92 Å². The maximum Gasteiger partial charge on any atom is 0.416 e. The zero-order valence-electron chi connectivity index (χ0n) is 24.7. The Morgan fingerprint density at radius 2 is 1.84 bits per heavy atom. The van der Waals surface area contributed by atoms with Crippen molar-refractivity contribution in [2.24, 2.45) is 0 Å². The first-order chi connectivity index (χ1) is 21.5. The maximum atomic E-state index is 13.4. The summed E-state index contributed by atoms with van der Waals surface area (Å²) in [6.45, 7) is 4.31. The number of amides is 2. The summed E-state index contributed by atoms with van der Waals surface area (Å²) >= 11 is 1.47. The number of nitrogens with one attached hydrogen (secondary N) is 2. The largest absolute Gasteiger partial charge is 0.508 e. The number of benzene rings is 3. The molecule has 12 heteroatoms. The van der Waals surface area contributed by atoms with Crippen LogP contribution in [0.15, 0.2) is 78.2 Å². The lowest BCUT2D eigenvalue weighted by molar-refractivity contribution is -0.137. The van der Waals surface area contributed by atoms with Crippen LogP contribution in [0.1, 0.15) is 73.5 Å². The number of thiazole rings is 1. The number of carbonyl (C=O) groups is 2. The highest BCUT2D eigenvalue weighted by atomic mass is 32.1. The number of halogens is 3. The second-order valence-electron chi connectivity index (χ2n) is 11.0. The van der Waals surface area contributed by atoms with Crippen LogP contribution < -0.4 is 10.6 Å². The summed E-state index contributed by atoms with van der Waals surface area (Å²) in [6, 6.07) is 17.1. The normalized spacial score (nSPS) is 16.4. The second-order valence-corrected chi connectivity index (χ2v) is 11.9. The van der Waals surface area contributed by atoms with Crippen LogP contribution in [-0.4, -0.2) is 46.2 Å².